The van der Waals surface area contributed by atoms with E-state index < -0.39 is 5.60 Å². The summed E-state index contributed by atoms with van der Waals surface area (Å²) in [5.41, 5.74) is 1.51. The minimum Gasteiger partial charge on any atom is -0.444 e. The summed E-state index contributed by atoms with van der Waals surface area (Å²) >= 11 is 0. The van der Waals surface area contributed by atoms with Crippen molar-refractivity contribution in [2.75, 3.05) is 26.2 Å². The molecule has 1 N–H and O–H groups in total. The number of aromatic nitrogens is 2. The van der Waals surface area contributed by atoms with Gasteiger partial charge in [-0.3, -0.25) is 9.59 Å². The second-order valence-corrected chi connectivity index (χ2v) is 9.54. The average Bonchev–Trinajstić information content (AvgIpc) is 3.06. The summed E-state index contributed by atoms with van der Waals surface area (Å²) in [5, 5.41) is 8.21. The topological polar surface area (TPSA) is 95.6 Å². The molecule has 0 radical (unpaired) electrons. The van der Waals surface area contributed by atoms with Crippen LogP contribution in [0.25, 0.3) is 10.8 Å². The van der Waals surface area contributed by atoms with Crippen LogP contribution in [0.1, 0.15) is 48.8 Å². The van der Waals surface area contributed by atoms with Crippen LogP contribution in [0.2, 0.25) is 0 Å². The highest BCUT2D eigenvalue weighted by Gasteiger charge is 2.26. The maximum Gasteiger partial charge on any atom is 0.410 e. The molecule has 0 unspecified atom stereocenters. The smallest absolute Gasteiger partial charge is 0.410 e. The lowest BCUT2D eigenvalue weighted by atomic mass is 10.0. The number of fused-ring (bicyclic) bond motifs is 1. The molecule has 1 saturated heterocycles. The molecule has 1 aliphatic rings. The number of ether oxygens (including phenoxy) is 1. The van der Waals surface area contributed by atoms with Crippen LogP contribution in [-0.2, 0) is 11.2 Å². The summed E-state index contributed by atoms with van der Waals surface area (Å²) in [5.74, 6) is -0.0628. The van der Waals surface area contributed by atoms with Gasteiger partial charge in [0.2, 0.25) is 0 Å². The molecule has 4 rings (SSSR count). The second-order valence-electron chi connectivity index (χ2n) is 9.54. The number of carbonyl (C=O) groups is 2. The molecule has 0 spiro atoms. The lowest BCUT2D eigenvalue weighted by Crippen LogP contribution is -2.40. The van der Waals surface area contributed by atoms with Gasteiger partial charge in [-0.15, -0.1) is 0 Å². The first kappa shape index (κ1) is 23.5. The maximum absolute atomic E-state index is 13.2. The van der Waals surface area contributed by atoms with E-state index in [4.69, 9.17) is 4.74 Å². The Hall–Kier alpha value is -3.68. The van der Waals surface area contributed by atoms with E-state index in [-0.39, 0.29) is 17.6 Å². The van der Waals surface area contributed by atoms with E-state index in [0.29, 0.717) is 50.0 Å². The number of H-pyrrole nitrogens is 1. The molecule has 34 heavy (non-hydrogen) atoms. The molecule has 178 valence electrons. The lowest BCUT2D eigenvalue weighted by molar-refractivity contribution is 0.0255. The van der Waals surface area contributed by atoms with Crippen LogP contribution in [0, 0.1) is 0 Å². The van der Waals surface area contributed by atoms with Crippen molar-refractivity contribution in [3.8, 4) is 0 Å². The molecular formula is C26H30N4O4. The highest BCUT2D eigenvalue weighted by atomic mass is 16.6. The number of hydrogen-bond donors (Lipinski definition) is 1. The minimum atomic E-state index is -0.550. The van der Waals surface area contributed by atoms with Gasteiger partial charge in [0, 0.05) is 43.5 Å². The summed E-state index contributed by atoms with van der Waals surface area (Å²) in [7, 11) is 0. The third kappa shape index (κ3) is 5.44. The first-order valence-electron chi connectivity index (χ1n) is 11.5. The van der Waals surface area contributed by atoms with Crippen molar-refractivity contribution in [3.05, 3.63) is 75.7 Å². The van der Waals surface area contributed by atoms with E-state index in [1.807, 2.05) is 57.2 Å². The zero-order valence-corrected chi connectivity index (χ0v) is 19.8. The number of rotatable bonds is 3. The molecule has 2 amide bonds. The molecule has 2 aromatic carbocycles. The van der Waals surface area contributed by atoms with Crippen molar-refractivity contribution in [2.45, 2.75) is 39.2 Å². The average molecular weight is 463 g/mol. The number of nitrogens with zero attached hydrogens (tertiary/aromatic N) is 3. The Bertz CT molecular complexity index is 1260. The molecule has 0 saturated carbocycles. The molecule has 8 nitrogen and oxygen atoms in total. The van der Waals surface area contributed by atoms with Gasteiger partial charge >= 0.3 is 6.09 Å². The SMILES string of the molecule is CC(C)(C)OC(=O)N1CCCN(C(=O)c2cccc(Cc3n[nH]c(=O)c4ccccc34)c2)CC1. The molecule has 0 atom stereocenters. The molecule has 1 aliphatic heterocycles. The molecule has 8 heteroatoms. The van der Waals surface area contributed by atoms with Crippen LogP contribution in [0.3, 0.4) is 0 Å². The quantitative estimate of drug-likeness (QED) is 0.642. The fourth-order valence-corrected chi connectivity index (χ4v) is 4.13. The molecular weight excluding hydrogens is 432 g/mol. The van der Waals surface area contributed by atoms with E-state index in [0.717, 1.165) is 16.6 Å². The zero-order valence-electron chi connectivity index (χ0n) is 19.8. The van der Waals surface area contributed by atoms with Gasteiger partial charge in [0.25, 0.3) is 11.5 Å². The van der Waals surface area contributed by atoms with Crippen LogP contribution < -0.4 is 5.56 Å². The van der Waals surface area contributed by atoms with Gasteiger partial charge in [-0.1, -0.05) is 30.3 Å². The Kier molecular flexibility index (Phi) is 6.68. The molecule has 0 aliphatic carbocycles. The first-order valence-corrected chi connectivity index (χ1v) is 11.5. The van der Waals surface area contributed by atoms with Crippen LogP contribution in [-0.4, -0.2) is 63.8 Å². The summed E-state index contributed by atoms with van der Waals surface area (Å²) < 4.78 is 5.48. The van der Waals surface area contributed by atoms with E-state index in [1.54, 1.807) is 21.9 Å². The van der Waals surface area contributed by atoms with Gasteiger partial charge in [0.1, 0.15) is 5.60 Å². The van der Waals surface area contributed by atoms with Gasteiger partial charge < -0.3 is 14.5 Å². The first-order chi connectivity index (χ1) is 16.2. The predicted octanol–water partition coefficient (Wildman–Crippen LogP) is 3.60. The summed E-state index contributed by atoms with van der Waals surface area (Å²) in [6.07, 6.45) is 0.840. The number of hydrogen-bond acceptors (Lipinski definition) is 5. The number of aromatic amines is 1. The standard InChI is InChI=1S/C26H30N4O4/c1-26(2,3)34-25(33)30-13-7-12-29(14-15-30)24(32)19-9-6-8-18(16-19)17-22-20-10-4-5-11-21(20)23(31)28-27-22/h4-6,8-11,16H,7,12-15,17H2,1-3H3,(H,28,31). The maximum atomic E-state index is 13.2. The Labute approximate surface area is 198 Å². The number of carbonyl (C=O) groups excluding carboxylic acids is 2. The molecule has 0 bridgehead atoms. The number of amides is 2. The monoisotopic (exact) mass is 462 g/mol. The predicted molar refractivity (Wildman–Crippen MR) is 130 cm³/mol. The fourth-order valence-electron chi connectivity index (χ4n) is 4.13. The van der Waals surface area contributed by atoms with Crippen LogP contribution in [0.15, 0.2) is 53.3 Å². The highest BCUT2D eigenvalue weighted by Crippen LogP contribution is 2.19. The molecule has 1 aromatic heterocycles. The van der Waals surface area contributed by atoms with Gasteiger partial charge in [0.15, 0.2) is 0 Å². The summed E-state index contributed by atoms with van der Waals surface area (Å²) in [6.45, 7) is 7.56. The van der Waals surface area contributed by atoms with E-state index >= 15 is 0 Å². The highest BCUT2D eigenvalue weighted by molar-refractivity contribution is 5.94. The largest absolute Gasteiger partial charge is 0.444 e. The summed E-state index contributed by atoms with van der Waals surface area (Å²) in [6, 6.07) is 14.9. The third-order valence-corrected chi connectivity index (χ3v) is 5.76. The van der Waals surface area contributed by atoms with Crippen molar-refractivity contribution >= 4 is 22.8 Å². The van der Waals surface area contributed by atoms with Crippen LogP contribution >= 0.6 is 0 Å². The number of nitrogens with one attached hydrogen (secondary N) is 1. The molecule has 2 heterocycles. The van der Waals surface area contributed by atoms with Crippen molar-refractivity contribution in [1.29, 1.82) is 0 Å². The zero-order chi connectivity index (χ0) is 24.3. The normalized spacial score (nSPS) is 14.7. The lowest BCUT2D eigenvalue weighted by Gasteiger charge is -2.26. The molecule has 1 fully saturated rings. The van der Waals surface area contributed by atoms with E-state index in [2.05, 4.69) is 10.2 Å². The third-order valence-electron chi connectivity index (χ3n) is 5.76. The van der Waals surface area contributed by atoms with Crippen molar-refractivity contribution in [3.63, 3.8) is 0 Å². The van der Waals surface area contributed by atoms with Crippen LogP contribution in [0.4, 0.5) is 4.79 Å². The Morgan fingerprint density at radius 2 is 1.68 bits per heavy atom. The van der Waals surface area contributed by atoms with E-state index in [1.165, 1.54) is 0 Å². The van der Waals surface area contributed by atoms with Crippen molar-refractivity contribution in [1.82, 2.24) is 20.0 Å². The van der Waals surface area contributed by atoms with Crippen molar-refractivity contribution < 1.29 is 14.3 Å². The van der Waals surface area contributed by atoms with Crippen LogP contribution in [0.5, 0.6) is 0 Å². The fraction of sp³-hybridized carbons (Fsp3) is 0.385. The van der Waals surface area contributed by atoms with Gasteiger partial charge in [0.05, 0.1) is 11.1 Å². The van der Waals surface area contributed by atoms with E-state index in [9.17, 15) is 14.4 Å². The Morgan fingerprint density at radius 1 is 0.971 bits per heavy atom. The summed E-state index contributed by atoms with van der Waals surface area (Å²) in [4.78, 5) is 41.2. The Morgan fingerprint density at radius 3 is 2.44 bits per heavy atom. The van der Waals surface area contributed by atoms with Gasteiger partial charge in [-0.05, 0) is 51.0 Å². The Balaban J connectivity index is 1.47. The molecule has 3 aromatic rings. The van der Waals surface area contributed by atoms with Gasteiger partial charge in [-0.25, -0.2) is 9.89 Å². The minimum absolute atomic E-state index is 0.0628. The van der Waals surface area contributed by atoms with Gasteiger partial charge in [-0.2, -0.15) is 5.10 Å². The number of benzene rings is 2. The second kappa shape index (κ2) is 9.67. The van der Waals surface area contributed by atoms with Crippen molar-refractivity contribution in [2.24, 2.45) is 0 Å².